The van der Waals surface area contributed by atoms with Gasteiger partial charge in [0.2, 0.25) is 5.91 Å². The minimum Gasteiger partial charge on any atom is -0.353 e. The number of hydrogen-bond acceptors (Lipinski definition) is 2. The maximum Gasteiger partial charge on any atom is 0.255 e. The number of piperazine rings is 1. The number of aryl methyl sites for hydroxylation is 1. The van der Waals surface area contributed by atoms with E-state index < -0.39 is 6.04 Å². The first-order valence-electron chi connectivity index (χ1n) is 5.85. The molecule has 1 N–H and O–H groups in total. The van der Waals surface area contributed by atoms with Gasteiger partial charge >= 0.3 is 0 Å². The Labute approximate surface area is 114 Å². The lowest BCUT2D eigenvalue weighted by molar-refractivity contribution is -0.127. The lowest BCUT2D eigenvalue weighted by atomic mass is 10.1. The minimum atomic E-state index is -0.417. The summed E-state index contributed by atoms with van der Waals surface area (Å²) in [6.07, 6.45) is 0. The van der Waals surface area contributed by atoms with E-state index in [9.17, 15) is 9.59 Å². The summed E-state index contributed by atoms with van der Waals surface area (Å²) >= 11 is 3.40. The Morgan fingerprint density at radius 2 is 2.22 bits per heavy atom. The highest BCUT2D eigenvalue weighted by Gasteiger charge is 2.30. The number of amides is 2. The van der Waals surface area contributed by atoms with E-state index in [0.29, 0.717) is 18.7 Å². The molecule has 1 aliphatic heterocycles. The molecule has 1 fully saturated rings. The molecule has 0 aromatic heterocycles. The smallest absolute Gasteiger partial charge is 0.255 e. The van der Waals surface area contributed by atoms with Crippen LogP contribution in [-0.4, -0.2) is 35.8 Å². The molecule has 1 saturated heterocycles. The molecular formula is C13H15BrN2O2. The van der Waals surface area contributed by atoms with Crippen LogP contribution in [0.15, 0.2) is 22.7 Å². The average molecular weight is 311 g/mol. The lowest BCUT2D eigenvalue weighted by Gasteiger charge is -2.33. The zero-order valence-corrected chi connectivity index (χ0v) is 12.0. The molecule has 0 bridgehead atoms. The van der Waals surface area contributed by atoms with E-state index in [-0.39, 0.29) is 11.8 Å². The van der Waals surface area contributed by atoms with Gasteiger partial charge in [0, 0.05) is 17.6 Å². The van der Waals surface area contributed by atoms with Crippen molar-refractivity contribution in [3.05, 3.63) is 33.8 Å². The predicted octanol–water partition coefficient (Wildman–Crippen LogP) is 1.72. The van der Waals surface area contributed by atoms with Gasteiger partial charge in [-0.2, -0.15) is 0 Å². The van der Waals surface area contributed by atoms with Gasteiger partial charge in [0.1, 0.15) is 6.04 Å². The third kappa shape index (κ3) is 2.41. The molecule has 2 rings (SSSR count). The van der Waals surface area contributed by atoms with Crippen LogP contribution in [0.5, 0.6) is 0 Å². The van der Waals surface area contributed by atoms with Crippen LogP contribution in [0.1, 0.15) is 22.8 Å². The van der Waals surface area contributed by atoms with Gasteiger partial charge in [-0.25, -0.2) is 0 Å². The Bertz CT molecular complexity index is 502. The second-order valence-corrected chi connectivity index (χ2v) is 5.30. The molecule has 1 aliphatic rings. The second-order valence-electron chi connectivity index (χ2n) is 4.45. The van der Waals surface area contributed by atoms with Crippen molar-refractivity contribution in [2.75, 3.05) is 13.1 Å². The first-order valence-corrected chi connectivity index (χ1v) is 6.65. The molecular weight excluding hydrogens is 296 g/mol. The molecule has 0 aliphatic carbocycles. The highest BCUT2D eigenvalue weighted by atomic mass is 79.9. The molecule has 4 nitrogen and oxygen atoms in total. The van der Waals surface area contributed by atoms with Crippen LogP contribution in [0, 0.1) is 6.92 Å². The summed E-state index contributed by atoms with van der Waals surface area (Å²) in [4.78, 5) is 25.6. The minimum absolute atomic E-state index is 0.0992. The number of benzene rings is 1. The maximum atomic E-state index is 12.4. The summed E-state index contributed by atoms with van der Waals surface area (Å²) in [5.74, 6) is -0.206. The van der Waals surface area contributed by atoms with Crippen LogP contribution in [-0.2, 0) is 4.79 Å². The Hall–Kier alpha value is -1.36. The molecule has 1 aromatic carbocycles. The summed E-state index contributed by atoms with van der Waals surface area (Å²) in [5, 5.41) is 2.75. The molecule has 18 heavy (non-hydrogen) atoms. The fourth-order valence-corrected chi connectivity index (χ4v) is 2.67. The predicted molar refractivity (Wildman–Crippen MR) is 72.4 cm³/mol. The van der Waals surface area contributed by atoms with E-state index in [0.717, 1.165) is 10.0 Å². The number of carbonyl (C=O) groups excluding carboxylic acids is 2. The standard InChI is InChI=1S/C13H15BrN2O2/c1-8-3-4-10(11(14)7-8)13(18)16-6-5-15-12(17)9(16)2/h3-4,7,9H,5-6H2,1-2H3,(H,15,17). The van der Waals surface area contributed by atoms with Crippen molar-refractivity contribution in [2.45, 2.75) is 19.9 Å². The number of carbonyl (C=O) groups is 2. The number of hydrogen-bond donors (Lipinski definition) is 1. The van der Waals surface area contributed by atoms with Crippen LogP contribution >= 0.6 is 15.9 Å². The van der Waals surface area contributed by atoms with Crippen molar-refractivity contribution in [1.82, 2.24) is 10.2 Å². The van der Waals surface area contributed by atoms with Gasteiger partial charge in [-0.1, -0.05) is 6.07 Å². The van der Waals surface area contributed by atoms with E-state index in [4.69, 9.17) is 0 Å². The zero-order chi connectivity index (χ0) is 13.3. The molecule has 5 heteroatoms. The molecule has 1 unspecified atom stereocenters. The van der Waals surface area contributed by atoms with Crippen LogP contribution in [0.4, 0.5) is 0 Å². The second kappa shape index (κ2) is 5.10. The lowest BCUT2D eigenvalue weighted by Crippen LogP contribution is -2.55. The SMILES string of the molecule is Cc1ccc(C(=O)N2CCNC(=O)C2C)c(Br)c1. The Morgan fingerprint density at radius 3 is 2.89 bits per heavy atom. The summed E-state index contributed by atoms with van der Waals surface area (Å²) < 4.78 is 0.769. The number of halogens is 1. The van der Waals surface area contributed by atoms with Crippen LogP contribution in [0.25, 0.3) is 0 Å². The van der Waals surface area contributed by atoms with Crippen molar-refractivity contribution in [3.8, 4) is 0 Å². The van der Waals surface area contributed by atoms with Gasteiger partial charge in [0.25, 0.3) is 5.91 Å². The molecule has 2 amide bonds. The van der Waals surface area contributed by atoms with Gasteiger partial charge < -0.3 is 10.2 Å². The van der Waals surface area contributed by atoms with Crippen LogP contribution < -0.4 is 5.32 Å². The van der Waals surface area contributed by atoms with Crippen molar-refractivity contribution in [2.24, 2.45) is 0 Å². The van der Waals surface area contributed by atoms with E-state index in [1.807, 2.05) is 19.1 Å². The van der Waals surface area contributed by atoms with Gasteiger partial charge in [0.05, 0.1) is 5.56 Å². The topological polar surface area (TPSA) is 49.4 Å². The average Bonchev–Trinajstić information content (AvgIpc) is 2.32. The van der Waals surface area contributed by atoms with E-state index >= 15 is 0 Å². The van der Waals surface area contributed by atoms with Gasteiger partial charge in [0.15, 0.2) is 0 Å². The number of rotatable bonds is 1. The first-order chi connectivity index (χ1) is 8.50. The molecule has 1 aromatic rings. The van der Waals surface area contributed by atoms with Crippen LogP contribution in [0.2, 0.25) is 0 Å². The van der Waals surface area contributed by atoms with E-state index in [1.165, 1.54) is 0 Å². The Kier molecular flexibility index (Phi) is 3.71. The number of nitrogens with zero attached hydrogens (tertiary/aromatic N) is 1. The molecule has 0 saturated carbocycles. The fourth-order valence-electron chi connectivity index (χ4n) is 2.01. The summed E-state index contributed by atoms with van der Waals surface area (Å²) in [6, 6.07) is 5.18. The molecule has 1 heterocycles. The summed E-state index contributed by atoms with van der Waals surface area (Å²) in [5.41, 5.74) is 1.69. The molecule has 96 valence electrons. The van der Waals surface area contributed by atoms with Crippen molar-refractivity contribution in [3.63, 3.8) is 0 Å². The largest absolute Gasteiger partial charge is 0.353 e. The molecule has 0 radical (unpaired) electrons. The van der Waals surface area contributed by atoms with E-state index in [2.05, 4.69) is 21.2 Å². The van der Waals surface area contributed by atoms with Gasteiger partial charge in [-0.05, 0) is 47.5 Å². The Morgan fingerprint density at radius 1 is 1.50 bits per heavy atom. The normalized spacial score (nSPS) is 19.6. The third-order valence-corrected chi connectivity index (χ3v) is 3.77. The van der Waals surface area contributed by atoms with Gasteiger partial charge in [-0.15, -0.1) is 0 Å². The molecule has 1 atom stereocenters. The quantitative estimate of drug-likeness (QED) is 0.858. The zero-order valence-electron chi connectivity index (χ0n) is 10.4. The highest BCUT2D eigenvalue weighted by molar-refractivity contribution is 9.10. The Balaban J connectivity index is 2.28. The number of nitrogens with one attached hydrogen (secondary N) is 1. The first kappa shape index (κ1) is 13.1. The molecule has 0 spiro atoms. The van der Waals surface area contributed by atoms with E-state index in [1.54, 1.807) is 17.9 Å². The van der Waals surface area contributed by atoms with Crippen molar-refractivity contribution < 1.29 is 9.59 Å². The summed E-state index contributed by atoms with van der Waals surface area (Å²) in [7, 11) is 0. The monoisotopic (exact) mass is 310 g/mol. The van der Waals surface area contributed by atoms with Gasteiger partial charge in [-0.3, -0.25) is 9.59 Å². The van der Waals surface area contributed by atoms with Crippen molar-refractivity contribution >= 4 is 27.7 Å². The fraction of sp³-hybridized carbons (Fsp3) is 0.385. The third-order valence-electron chi connectivity index (χ3n) is 3.11. The highest BCUT2D eigenvalue weighted by Crippen LogP contribution is 2.21. The maximum absolute atomic E-state index is 12.4. The van der Waals surface area contributed by atoms with Crippen molar-refractivity contribution in [1.29, 1.82) is 0 Å². The van der Waals surface area contributed by atoms with Crippen LogP contribution in [0.3, 0.4) is 0 Å². The summed E-state index contributed by atoms with van der Waals surface area (Å²) in [6.45, 7) is 4.77.